The fourth-order valence-electron chi connectivity index (χ4n) is 3.33. The summed E-state index contributed by atoms with van der Waals surface area (Å²) < 4.78 is 10.4. The van der Waals surface area contributed by atoms with Crippen molar-refractivity contribution in [1.82, 2.24) is 0 Å². The lowest BCUT2D eigenvalue weighted by Gasteiger charge is -2.40. The molecule has 162 valence electrons. The number of phenolic OH excluding ortho intramolecular Hbond substituents is 2. The molecule has 4 N–H and O–H groups in total. The Bertz CT molecular complexity index is 1090. The molecule has 1 aromatic rings. The number of carbonyl (C=O) groups excluding carboxylic acids is 3. The molecule has 0 bridgehead atoms. The fourth-order valence-corrected chi connectivity index (χ4v) is 3.33. The molecule has 0 amide bonds. The molecule has 1 aromatic carbocycles. The number of fused-ring (bicyclic) bond motifs is 1. The van der Waals surface area contributed by atoms with Crippen LogP contribution in [0.25, 0.3) is 0 Å². The molecular formula is C21H18O10. The number of carboxylic acids is 1. The standard InChI is InChI=1S/C21H18O10/c1-10-5-12(22)8-14(23)17(10)18(27)31-20(2)15(24)7-11-6-13(3-4-16(25)26)30-9-21(11,29)19(20)28/h3-8,22-23,29H,9H2,1-2H3,(H,25,26)/b4-3+/t20-,21-/m1/s1. The third-order valence-electron chi connectivity index (χ3n) is 4.98. The lowest BCUT2D eigenvalue weighted by Crippen LogP contribution is -2.63. The number of hydrogen-bond acceptors (Lipinski definition) is 9. The van der Waals surface area contributed by atoms with Gasteiger partial charge in [0.25, 0.3) is 0 Å². The van der Waals surface area contributed by atoms with Crippen LogP contribution in [0, 0.1) is 6.92 Å². The number of aliphatic hydroxyl groups is 1. The SMILES string of the molecule is Cc1cc(O)cc(O)c1C(=O)O[C@]1(C)C(=O)C=C2C=C(/C=C/C(=O)O)OC[C@]2(O)C1=O. The van der Waals surface area contributed by atoms with Gasteiger partial charge in [-0.25, -0.2) is 9.59 Å². The van der Waals surface area contributed by atoms with Gasteiger partial charge in [0.15, 0.2) is 5.60 Å². The van der Waals surface area contributed by atoms with Crippen LogP contribution in [0.15, 0.2) is 47.8 Å². The van der Waals surface area contributed by atoms with Crippen molar-refractivity contribution in [1.29, 1.82) is 0 Å². The van der Waals surface area contributed by atoms with Crippen molar-refractivity contribution in [2.24, 2.45) is 0 Å². The number of allylic oxidation sites excluding steroid dienone is 1. The van der Waals surface area contributed by atoms with E-state index in [0.29, 0.717) is 0 Å². The lowest BCUT2D eigenvalue weighted by molar-refractivity contribution is -0.164. The summed E-state index contributed by atoms with van der Waals surface area (Å²) in [7, 11) is 0. The van der Waals surface area contributed by atoms with Crippen LogP contribution in [0.2, 0.25) is 0 Å². The molecule has 3 rings (SSSR count). The summed E-state index contributed by atoms with van der Waals surface area (Å²) in [4.78, 5) is 49.1. The van der Waals surface area contributed by atoms with Gasteiger partial charge >= 0.3 is 11.9 Å². The van der Waals surface area contributed by atoms with Gasteiger partial charge in [-0.2, -0.15) is 0 Å². The van der Waals surface area contributed by atoms with E-state index in [-0.39, 0.29) is 28.2 Å². The van der Waals surface area contributed by atoms with Gasteiger partial charge in [-0.05, 0) is 43.7 Å². The normalized spacial score (nSPS) is 25.4. The predicted octanol–water partition coefficient (Wildman–Crippen LogP) is 0.686. The largest absolute Gasteiger partial charge is 0.508 e. The van der Waals surface area contributed by atoms with Gasteiger partial charge < -0.3 is 29.9 Å². The Morgan fingerprint density at radius 3 is 2.48 bits per heavy atom. The highest BCUT2D eigenvalue weighted by Crippen LogP contribution is 2.38. The minimum atomic E-state index is -2.42. The van der Waals surface area contributed by atoms with E-state index in [4.69, 9.17) is 14.6 Å². The van der Waals surface area contributed by atoms with Crippen molar-refractivity contribution in [3.05, 3.63) is 58.9 Å². The minimum Gasteiger partial charge on any atom is -0.508 e. The second-order valence-corrected chi connectivity index (χ2v) is 7.24. The van der Waals surface area contributed by atoms with Gasteiger partial charge in [0, 0.05) is 17.7 Å². The number of ketones is 2. The van der Waals surface area contributed by atoms with E-state index in [9.17, 15) is 34.5 Å². The summed E-state index contributed by atoms with van der Waals surface area (Å²) >= 11 is 0. The summed E-state index contributed by atoms with van der Waals surface area (Å²) in [5, 5.41) is 39.0. The van der Waals surface area contributed by atoms with Gasteiger partial charge in [0.2, 0.25) is 17.2 Å². The number of carboxylic acid groups (broad SMARTS) is 1. The zero-order chi connectivity index (χ0) is 23.1. The molecule has 0 saturated heterocycles. The van der Waals surface area contributed by atoms with Crippen LogP contribution >= 0.6 is 0 Å². The maximum absolute atomic E-state index is 13.1. The number of hydrogen-bond donors (Lipinski definition) is 4. The molecule has 0 radical (unpaired) electrons. The van der Waals surface area contributed by atoms with Crippen LogP contribution in [-0.2, 0) is 23.9 Å². The molecule has 1 aliphatic carbocycles. The number of esters is 1. The zero-order valence-corrected chi connectivity index (χ0v) is 16.4. The van der Waals surface area contributed by atoms with Crippen molar-refractivity contribution in [2.75, 3.05) is 6.61 Å². The van der Waals surface area contributed by atoms with Crippen molar-refractivity contribution < 1.29 is 49.1 Å². The Morgan fingerprint density at radius 1 is 1.19 bits per heavy atom. The monoisotopic (exact) mass is 430 g/mol. The predicted molar refractivity (Wildman–Crippen MR) is 102 cm³/mol. The number of carbonyl (C=O) groups is 4. The molecule has 0 unspecified atom stereocenters. The average molecular weight is 430 g/mol. The lowest BCUT2D eigenvalue weighted by atomic mass is 9.73. The minimum absolute atomic E-state index is 0.00385. The van der Waals surface area contributed by atoms with Crippen LogP contribution in [0.3, 0.4) is 0 Å². The average Bonchev–Trinajstić information content (AvgIpc) is 2.65. The molecule has 0 saturated carbocycles. The quantitative estimate of drug-likeness (QED) is 0.303. The highest BCUT2D eigenvalue weighted by Gasteiger charge is 2.59. The highest BCUT2D eigenvalue weighted by atomic mass is 16.6. The highest BCUT2D eigenvalue weighted by molar-refractivity contribution is 6.23. The van der Waals surface area contributed by atoms with Crippen molar-refractivity contribution in [3.8, 4) is 11.5 Å². The number of Topliss-reactive ketones (excluding diaryl/α,β-unsaturated/α-hetero) is 1. The van der Waals surface area contributed by atoms with Gasteiger partial charge in [-0.15, -0.1) is 0 Å². The Hall–Kier alpha value is -3.92. The van der Waals surface area contributed by atoms with Crippen molar-refractivity contribution >= 4 is 23.5 Å². The van der Waals surface area contributed by atoms with E-state index in [1.165, 1.54) is 13.0 Å². The summed E-state index contributed by atoms with van der Waals surface area (Å²) in [5.74, 6) is -5.48. The molecule has 0 fully saturated rings. The smallest absolute Gasteiger partial charge is 0.343 e. The third-order valence-corrected chi connectivity index (χ3v) is 4.98. The first kappa shape index (κ1) is 21.8. The summed E-state index contributed by atoms with van der Waals surface area (Å²) in [6.07, 6.45) is 3.91. The first-order valence-corrected chi connectivity index (χ1v) is 8.94. The molecule has 1 aliphatic heterocycles. The zero-order valence-electron chi connectivity index (χ0n) is 16.4. The Morgan fingerprint density at radius 2 is 1.87 bits per heavy atom. The first-order chi connectivity index (χ1) is 14.4. The molecule has 10 heteroatoms. The maximum Gasteiger partial charge on any atom is 0.343 e. The second-order valence-electron chi connectivity index (χ2n) is 7.24. The number of ether oxygens (including phenoxy) is 2. The van der Waals surface area contributed by atoms with Crippen molar-refractivity contribution in [3.63, 3.8) is 0 Å². The molecular weight excluding hydrogens is 412 g/mol. The molecule has 0 aromatic heterocycles. The number of aryl methyl sites for hydroxylation is 1. The van der Waals surface area contributed by atoms with E-state index in [2.05, 4.69) is 0 Å². The van der Waals surface area contributed by atoms with E-state index in [1.807, 2.05) is 0 Å². The van der Waals surface area contributed by atoms with Crippen molar-refractivity contribution in [2.45, 2.75) is 25.0 Å². The summed E-state index contributed by atoms with van der Waals surface area (Å²) in [5.41, 5.74) is -5.11. The van der Waals surface area contributed by atoms with Crippen LogP contribution in [0.4, 0.5) is 0 Å². The van der Waals surface area contributed by atoms with Crippen LogP contribution in [0.1, 0.15) is 22.8 Å². The summed E-state index contributed by atoms with van der Waals surface area (Å²) in [6.45, 7) is 1.77. The van der Waals surface area contributed by atoms with Gasteiger partial charge in [-0.3, -0.25) is 9.59 Å². The van der Waals surface area contributed by atoms with E-state index >= 15 is 0 Å². The summed E-state index contributed by atoms with van der Waals surface area (Å²) in [6, 6.07) is 2.08. The third kappa shape index (κ3) is 3.68. The number of rotatable bonds is 4. The first-order valence-electron chi connectivity index (χ1n) is 8.94. The van der Waals surface area contributed by atoms with Crippen LogP contribution < -0.4 is 0 Å². The molecule has 1 heterocycles. The number of aliphatic carboxylic acids is 1. The molecule has 2 aliphatic rings. The maximum atomic E-state index is 13.1. The van der Waals surface area contributed by atoms with Crippen LogP contribution in [0.5, 0.6) is 11.5 Å². The van der Waals surface area contributed by atoms with Gasteiger partial charge in [0.05, 0.1) is 0 Å². The Labute approximate surface area is 175 Å². The van der Waals surface area contributed by atoms with Gasteiger partial charge in [-0.1, -0.05) is 0 Å². The topological polar surface area (TPSA) is 168 Å². The number of aromatic hydroxyl groups is 2. The molecule has 31 heavy (non-hydrogen) atoms. The van der Waals surface area contributed by atoms with Crippen LogP contribution in [-0.4, -0.2) is 61.7 Å². The Kier molecular flexibility index (Phi) is 5.20. The molecule has 10 nitrogen and oxygen atoms in total. The van der Waals surface area contributed by atoms with Gasteiger partial charge in [0.1, 0.15) is 29.4 Å². The molecule has 0 spiro atoms. The number of benzene rings is 1. The molecule has 2 atom stereocenters. The number of phenols is 2. The van der Waals surface area contributed by atoms with E-state index in [0.717, 1.165) is 37.3 Å². The second kappa shape index (κ2) is 7.40. The van der Waals surface area contributed by atoms with E-state index in [1.54, 1.807) is 0 Å². The Balaban J connectivity index is 1.97. The van der Waals surface area contributed by atoms with E-state index < -0.39 is 47.1 Å². The fraction of sp³-hybridized carbons (Fsp3) is 0.238.